The number of nitrogens with one attached hydrogen (secondary N) is 2. The lowest BCUT2D eigenvalue weighted by Crippen LogP contribution is -2.41. The van der Waals surface area contributed by atoms with Gasteiger partial charge in [0.05, 0.1) is 18.8 Å². The van der Waals surface area contributed by atoms with Crippen molar-refractivity contribution in [3.8, 4) is 0 Å². The fourth-order valence-electron chi connectivity index (χ4n) is 4.26. The number of carbonyl (C=O) groups is 2. The monoisotopic (exact) mass is 451 g/mol. The van der Waals surface area contributed by atoms with Gasteiger partial charge in [0.15, 0.2) is 0 Å². The minimum absolute atomic E-state index is 0.127. The zero-order valence-electron chi connectivity index (χ0n) is 19.5. The SMILES string of the molecule is CN(C)C(=O)Nc1ccc(N2CCc3ccccc3C2)c(C(=O)NCCN2CCOCC2)c1. The summed E-state index contributed by atoms with van der Waals surface area (Å²) in [5.41, 5.74) is 4.71. The van der Waals surface area contributed by atoms with Crippen LogP contribution in [0.3, 0.4) is 0 Å². The molecule has 2 aromatic carbocycles. The second kappa shape index (κ2) is 10.7. The van der Waals surface area contributed by atoms with Crippen LogP contribution in [-0.2, 0) is 17.7 Å². The molecule has 1 saturated heterocycles. The molecule has 0 atom stereocenters. The minimum Gasteiger partial charge on any atom is -0.379 e. The van der Waals surface area contributed by atoms with Crippen molar-refractivity contribution in [1.82, 2.24) is 15.1 Å². The van der Waals surface area contributed by atoms with Gasteiger partial charge < -0.3 is 25.2 Å². The van der Waals surface area contributed by atoms with Crippen molar-refractivity contribution in [1.29, 1.82) is 0 Å². The lowest BCUT2D eigenvalue weighted by molar-refractivity contribution is 0.0383. The summed E-state index contributed by atoms with van der Waals surface area (Å²) >= 11 is 0. The quantitative estimate of drug-likeness (QED) is 0.705. The predicted octanol–water partition coefficient (Wildman–Crippen LogP) is 2.40. The zero-order chi connectivity index (χ0) is 23.2. The van der Waals surface area contributed by atoms with Crippen LogP contribution in [0.5, 0.6) is 0 Å². The van der Waals surface area contributed by atoms with Gasteiger partial charge in [-0.15, -0.1) is 0 Å². The van der Waals surface area contributed by atoms with Crippen molar-refractivity contribution in [2.45, 2.75) is 13.0 Å². The smallest absolute Gasteiger partial charge is 0.321 e. The summed E-state index contributed by atoms with van der Waals surface area (Å²) in [7, 11) is 3.38. The third kappa shape index (κ3) is 5.83. The normalized spacial score (nSPS) is 16.1. The number of hydrogen-bond acceptors (Lipinski definition) is 5. The summed E-state index contributed by atoms with van der Waals surface area (Å²) in [5, 5.41) is 5.93. The number of anilines is 2. The van der Waals surface area contributed by atoms with E-state index in [2.05, 4.69) is 44.7 Å². The lowest BCUT2D eigenvalue weighted by atomic mass is 9.98. The molecule has 3 amide bonds. The van der Waals surface area contributed by atoms with E-state index in [1.54, 1.807) is 20.2 Å². The highest BCUT2D eigenvalue weighted by Crippen LogP contribution is 2.29. The Labute approximate surface area is 195 Å². The van der Waals surface area contributed by atoms with Crippen LogP contribution < -0.4 is 15.5 Å². The zero-order valence-corrected chi connectivity index (χ0v) is 19.5. The van der Waals surface area contributed by atoms with Crippen molar-refractivity contribution >= 4 is 23.3 Å². The Balaban J connectivity index is 1.52. The van der Waals surface area contributed by atoms with Crippen molar-refractivity contribution in [2.75, 3.05) is 70.2 Å². The summed E-state index contributed by atoms with van der Waals surface area (Å²) < 4.78 is 5.39. The fourth-order valence-corrected chi connectivity index (χ4v) is 4.26. The first-order chi connectivity index (χ1) is 16.0. The largest absolute Gasteiger partial charge is 0.379 e. The number of morpholine rings is 1. The molecule has 0 spiro atoms. The molecule has 0 aliphatic carbocycles. The number of rotatable bonds is 6. The molecule has 176 valence electrons. The molecular formula is C25H33N5O3. The molecule has 2 aromatic rings. The molecular weight excluding hydrogens is 418 g/mol. The summed E-state index contributed by atoms with van der Waals surface area (Å²) in [4.78, 5) is 31.4. The first-order valence-corrected chi connectivity index (χ1v) is 11.5. The maximum absolute atomic E-state index is 13.3. The number of amides is 3. The van der Waals surface area contributed by atoms with E-state index in [9.17, 15) is 9.59 Å². The number of hydrogen-bond donors (Lipinski definition) is 2. The highest BCUT2D eigenvalue weighted by atomic mass is 16.5. The van der Waals surface area contributed by atoms with Crippen molar-refractivity contribution in [3.05, 3.63) is 59.2 Å². The number of ether oxygens (including phenoxy) is 1. The van der Waals surface area contributed by atoms with Gasteiger partial charge in [0.1, 0.15) is 0 Å². The molecule has 0 saturated carbocycles. The molecule has 0 bridgehead atoms. The molecule has 33 heavy (non-hydrogen) atoms. The van der Waals surface area contributed by atoms with Crippen LogP contribution in [0.25, 0.3) is 0 Å². The molecule has 2 aliphatic rings. The van der Waals surface area contributed by atoms with Crippen LogP contribution >= 0.6 is 0 Å². The molecule has 2 heterocycles. The van der Waals surface area contributed by atoms with Crippen LogP contribution in [0.1, 0.15) is 21.5 Å². The van der Waals surface area contributed by atoms with E-state index in [-0.39, 0.29) is 11.9 Å². The van der Waals surface area contributed by atoms with Crippen LogP contribution in [0.4, 0.5) is 16.2 Å². The van der Waals surface area contributed by atoms with E-state index < -0.39 is 0 Å². The summed E-state index contributed by atoms with van der Waals surface area (Å²) in [5.74, 6) is -0.127. The Kier molecular flexibility index (Phi) is 7.47. The Morgan fingerprint density at radius 2 is 1.79 bits per heavy atom. The van der Waals surface area contributed by atoms with Crippen molar-refractivity contribution < 1.29 is 14.3 Å². The van der Waals surface area contributed by atoms with Gasteiger partial charge in [-0.25, -0.2) is 4.79 Å². The van der Waals surface area contributed by atoms with Gasteiger partial charge in [-0.05, 0) is 35.7 Å². The highest BCUT2D eigenvalue weighted by Gasteiger charge is 2.22. The number of urea groups is 1. The Hall–Kier alpha value is -3.10. The van der Waals surface area contributed by atoms with E-state index >= 15 is 0 Å². The average Bonchev–Trinajstić information content (AvgIpc) is 2.84. The maximum Gasteiger partial charge on any atom is 0.321 e. The standard InChI is InChI=1S/C25H33N5O3/c1-28(2)25(32)27-21-7-8-23(30-11-9-19-5-3-4-6-20(19)18-30)22(17-21)24(31)26-10-12-29-13-15-33-16-14-29/h3-8,17H,9-16,18H2,1-2H3,(H,26,31)(H,27,32). The Morgan fingerprint density at radius 1 is 1.03 bits per heavy atom. The van der Waals surface area contributed by atoms with Crippen LogP contribution in [0, 0.1) is 0 Å². The second-order valence-electron chi connectivity index (χ2n) is 8.71. The summed E-state index contributed by atoms with van der Waals surface area (Å²) in [6.07, 6.45) is 0.938. The van der Waals surface area contributed by atoms with Gasteiger partial charge in [-0.1, -0.05) is 24.3 Å². The van der Waals surface area contributed by atoms with E-state index in [4.69, 9.17) is 4.74 Å². The van der Waals surface area contributed by atoms with Crippen molar-refractivity contribution in [3.63, 3.8) is 0 Å². The summed E-state index contributed by atoms with van der Waals surface area (Å²) in [6.45, 7) is 6.21. The molecule has 8 nitrogen and oxygen atoms in total. The lowest BCUT2D eigenvalue weighted by Gasteiger charge is -2.32. The molecule has 2 aliphatic heterocycles. The van der Waals surface area contributed by atoms with Gasteiger partial charge in [-0.2, -0.15) is 0 Å². The van der Waals surface area contributed by atoms with Gasteiger partial charge in [-0.3, -0.25) is 9.69 Å². The van der Waals surface area contributed by atoms with Crippen LogP contribution in [0.2, 0.25) is 0 Å². The maximum atomic E-state index is 13.3. The van der Waals surface area contributed by atoms with E-state index in [1.807, 2.05) is 12.1 Å². The van der Waals surface area contributed by atoms with Gasteiger partial charge >= 0.3 is 6.03 Å². The Bertz CT molecular complexity index is 988. The first-order valence-electron chi connectivity index (χ1n) is 11.5. The van der Waals surface area contributed by atoms with E-state index in [0.717, 1.165) is 58.0 Å². The van der Waals surface area contributed by atoms with Crippen LogP contribution in [-0.4, -0.2) is 81.8 Å². The van der Waals surface area contributed by atoms with Crippen LogP contribution in [0.15, 0.2) is 42.5 Å². The molecule has 1 fully saturated rings. The number of fused-ring (bicyclic) bond motifs is 1. The second-order valence-corrected chi connectivity index (χ2v) is 8.71. The molecule has 0 unspecified atom stereocenters. The highest BCUT2D eigenvalue weighted by molar-refractivity contribution is 6.02. The number of benzene rings is 2. The van der Waals surface area contributed by atoms with E-state index in [0.29, 0.717) is 17.8 Å². The minimum atomic E-state index is -0.228. The van der Waals surface area contributed by atoms with Gasteiger partial charge in [0.2, 0.25) is 0 Å². The topological polar surface area (TPSA) is 77.2 Å². The Morgan fingerprint density at radius 3 is 2.55 bits per heavy atom. The predicted molar refractivity (Wildman–Crippen MR) is 130 cm³/mol. The number of carbonyl (C=O) groups excluding carboxylic acids is 2. The molecule has 0 aromatic heterocycles. The third-order valence-electron chi connectivity index (χ3n) is 6.19. The first kappa shape index (κ1) is 23.1. The van der Waals surface area contributed by atoms with Crippen molar-refractivity contribution in [2.24, 2.45) is 0 Å². The molecule has 4 rings (SSSR count). The molecule has 0 radical (unpaired) electrons. The number of nitrogens with zero attached hydrogens (tertiary/aromatic N) is 3. The fraction of sp³-hybridized carbons (Fsp3) is 0.440. The van der Waals surface area contributed by atoms with E-state index in [1.165, 1.54) is 16.0 Å². The summed E-state index contributed by atoms with van der Waals surface area (Å²) in [6, 6.07) is 13.8. The van der Waals surface area contributed by atoms with Gasteiger partial charge in [0.25, 0.3) is 5.91 Å². The molecule has 2 N–H and O–H groups in total. The average molecular weight is 452 g/mol. The van der Waals surface area contributed by atoms with Gasteiger partial charge in [0, 0.05) is 64.7 Å². The third-order valence-corrected chi connectivity index (χ3v) is 6.19. The molecule has 8 heteroatoms.